The fraction of sp³-hybridized carbons (Fsp3) is 0.323. The van der Waals surface area contributed by atoms with Crippen LogP contribution in [0.15, 0.2) is 84.1 Å². The average Bonchev–Trinajstić information content (AvgIpc) is 3.06. The SMILES string of the molecule is CCC(C)Oc1ccccc1C1Nc2ccccc2NC2=C1C(=O)CC(c1ccc(N(C)C)cc1)C2. The van der Waals surface area contributed by atoms with E-state index in [1.54, 1.807) is 0 Å². The van der Waals surface area contributed by atoms with Crippen molar-refractivity contribution in [2.24, 2.45) is 0 Å². The van der Waals surface area contributed by atoms with Crippen LogP contribution in [0.25, 0.3) is 0 Å². The molecule has 0 radical (unpaired) electrons. The molecular weight excluding hydrogens is 446 g/mol. The fourth-order valence-electron chi connectivity index (χ4n) is 5.13. The van der Waals surface area contributed by atoms with Crippen molar-refractivity contribution in [2.75, 3.05) is 29.6 Å². The predicted octanol–water partition coefficient (Wildman–Crippen LogP) is 6.91. The smallest absolute Gasteiger partial charge is 0.163 e. The van der Waals surface area contributed by atoms with Crippen molar-refractivity contribution in [3.63, 3.8) is 0 Å². The molecule has 5 rings (SSSR count). The molecule has 5 heteroatoms. The van der Waals surface area contributed by atoms with E-state index in [1.807, 2.05) is 44.4 Å². The second-order valence-electron chi connectivity index (χ2n) is 10.0. The maximum Gasteiger partial charge on any atom is 0.163 e. The first-order valence-corrected chi connectivity index (χ1v) is 12.9. The molecule has 0 saturated heterocycles. The number of ether oxygens (including phenoxy) is 1. The van der Waals surface area contributed by atoms with E-state index < -0.39 is 0 Å². The van der Waals surface area contributed by atoms with Crippen molar-refractivity contribution < 1.29 is 9.53 Å². The molecule has 0 spiro atoms. The van der Waals surface area contributed by atoms with Gasteiger partial charge in [-0.15, -0.1) is 0 Å². The van der Waals surface area contributed by atoms with Gasteiger partial charge in [-0.2, -0.15) is 0 Å². The number of carbonyl (C=O) groups is 1. The quantitative estimate of drug-likeness (QED) is 0.401. The van der Waals surface area contributed by atoms with E-state index in [9.17, 15) is 4.79 Å². The Labute approximate surface area is 214 Å². The number of nitrogens with one attached hydrogen (secondary N) is 2. The first kappa shape index (κ1) is 24.0. The molecule has 5 nitrogen and oxygen atoms in total. The Balaban J connectivity index is 1.57. The summed E-state index contributed by atoms with van der Waals surface area (Å²) in [6, 6.07) is 24.6. The van der Waals surface area contributed by atoms with Crippen LogP contribution in [0.4, 0.5) is 17.1 Å². The molecule has 3 aromatic carbocycles. The van der Waals surface area contributed by atoms with E-state index in [0.29, 0.717) is 6.42 Å². The molecule has 0 saturated carbocycles. The number of Topliss-reactive ketones (excluding diaryl/α,β-unsaturated/α-hetero) is 1. The molecular formula is C31H35N3O2. The Bertz CT molecular complexity index is 1280. The van der Waals surface area contributed by atoms with Gasteiger partial charge in [0.05, 0.1) is 23.5 Å². The van der Waals surface area contributed by atoms with Crippen molar-refractivity contribution >= 4 is 22.8 Å². The summed E-state index contributed by atoms with van der Waals surface area (Å²) in [5.41, 5.74) is 7.13. The number of hydrogen-bond acceptors (Lipinski definition) is 5. The molecule has 3 atom stereocenters. The van der Waals surface area contributed by atoms with Gasteiger partial charge in [-0.25, -0.2) is 0 Å². The lowest BCUT2D eigenvalue weighted by Gasteiger charge is -2.31. The van der Waals surface area contributed by atoms with Gasteiger partial charge >= 0.3 is 0 Å². The summed E-state index contributed by atoms with van der Waals surface area (Å²) in [6.45, 7) is 4.20. The standard InChI is InChI=1S/C31H35N3O2/c1-5-20(2)36-29-13-9-6-10-24(29)31-30-27(32-25-11-7-8-12-26(25)33-31)18-22(19-28(30)35)21-14-16-23(17-15-21)34(3)4/h6-17,20,22,31-33H,5,18-19H2,1-4H3. The molecule has 0 fully saturated rings. The van der Waals surface area contributed by atoms with Gasteiger partial charge < -0.3 is 20.3 Å². The molecule has 1 aliphatic carbocycles. The third kappa shape index (κ3) is 4.70. The van der Waals surface area contributed by atoms with E-state index in [0.717, 1.165) is 52.5 Å². The molecule has 2 N–H and O–H groups in total. The Kier molecular flexibility index (Phi) is 6.73. The van der Waals surface area contributed by atoms with E-state index in [-0.39, 0.29) is 23.8 Å². The highest BCUT2D eigenvalue weighted by molar-refractivity contribution is 6.01. The van der Waals surface area contributed by atoms with Crippen molar-refractivity contribution in [3.8, 4) is 5.75 Å². The highest BCUT2D eigenvalue weighted by Gasteiger charge is 2.37. The van der Waals surface area contributed by atoms with Crippen molar-refractivity contribution in [1.29, 1.82) is 0 Å². The normalized spacial score (nSPS) is 19.8. The Morgan fingerprint density at radius 1 is 0.944 bits per heavy atom. The predicted molar refractivity (Wildman–Crippen MR) is 148 cm³/mol. The van der Waals surface area contributed by atoms with Crippen LogP contribution in [0.3, 0.4) is 0 Å². The van der Waals surface area contributed by atoms with E-state index in [2.05, 4.69) is 71.8 Å². The Morgan fingerprint density at radius 3 is 2.36 bits per heavy atom. The third-order valence-corrected chi connectivity index (χ3v) is 7.32. The zero-order valence-electron chi connectivity index (χ0n) is 21.5. The van der Waals surface area contributed by atoms with Gasteiger partial charge in [0.15, 0.2) is 5.78 Å². The van der Waals surface area contributed by atoms with Crippen molar-refractivity contribution in [3.05, 3.63) is 95.2 Å². The fourth-order valence-corrected chi connectivity index (χ4v) is 5.13. The van der Waals surface area contributed by atoms with E-state index in [1.165, 1.54) is 5.56 Å². The molecule has 0 amide bonds. The summed E-state index contributed by atoms with van der Waals surface area (Å²) in [5, 5.41) is 7.32. The van der Waals surface area contributed by atoms with Crippen LogP contribution in [-0.2, 0) is 4.79 Å². The molecule has 1 aliphatic heterocycles. The first-order valence-electron chi connectivity index (χ1n) is 12.9. The number of carbonyl (C=O) groups excluding carboxylic acids is 1. The van der Waals surface area contributed by atoms with Crippen LogP contribution in [-0.4, -0.2) is 26.0 Å². The Hall–Kier alpha value is -3.73. The molecule has 36 heavy (non-hydrogen) atoms. The van der Waals surface area contributed by atoms with E-state index in [4.69, 9.17) is 4.74 Å². The van der Waals surface area contributed by atoms with E-state index >= 15 is 0 Å². The van der Waals surface area contributed by atoms with Crippen LogP contribution in [0.5, 0.6) is 5.75 Å². The maximum atomic E-state index is 13.9. The molecule has 1 heterocycles. The van der Waals surface area contributed by atoms with Gasteiger partial charge in [0.25, 0.3) is 0 Å². The van der Waals surface area contributed by atoms with Crippen molar-refractivity contribution in [2.45, 2.75) is 51.2 Å². The zero-order chi connectivity index (χ0) is 25.2. The molecule has 3 aromatic rings. The number of ketones is 1. The number of para-hydroxylation sites is 3. The van der Waals surface area contributed by atoms with Crippen LogP contribution in [0.1, 0.15) is 56.2 Å². The summed E-state index contributed by atoms with van der Waals surface area (Å²) in [4.78, 5) is 16.0. The van der Waals surface area contributed by atoms with Crippen LogP contribution in [0.2, 0.25) is 0 Å². The molecule has 2 aliphatic rings. The molecule has 0 aromatic heterocycles. The van der Waals surface area contributed by atoms with Gasteiger partial charge in [-0.3, -0.25) is 4.79 Å². The zero-order valence-corrected chi connectivity index (χ0v) is 21.5. The van der Waals surface area contributed by atoms with Gasteiger partial charge in [0, 0.05) is 43.0 Å². The summed E-state index contributed by atoms with van der Waals surface area (Å²) in [7, 11) is 4.08. The lowest BCUT2D eigenvalue weighted by Crippen LogP contribution is -2.27. The van der Waals surface area contributed by atoms with Crippen molar-refractivity contribution in [1.82, 2.24) is 0 Å². The molecule has 186 valence electrons. The highest BCUT2D eigenvalue weighted by atomic mass is 16.5. The lowest BCUT2D eigenvalue weighted by atomic mass is 9.78. The van der Waals surface area contributed by atoms with Gasteiger partial charge in [-0.05, 0) is 61.6 Å². The number of benzene rings is 3. The topological polar surface area (TPSA) is 53.6 Å². The summed E-state index contributed by atoms with van der Waals surface area (Å²) in [5.74, 6) is 1.14. The third-order valence-electron chi connectivity index (χ3n) is 7.32. The minimum absolute atomic E-state index is 0.0902. The van der Waals surface area contributed by atoms with Gasteiger partial charge in [0.2, 0.25) is 0 Å². The largest absolute Gasteiger partial charge is 0.490 e. The summed E-state index contributed by atoms with van der Waals surface area (Å²) in [6.07, 6.45) is 2.28. The molecule has 3 unspecified atom stereocenters. The second kappa shape index (κ2) is 10.1. The number of allylic oxidation sites excluding steroid dienone is 1. The number of rotatable bonds is 6. The monoisotopic (exact) mass is 481 g/mol. The number of fused-ring (bicyclic) bond motifs is 1. The lowest BCUT2D eigenvalue weighted by molar-refractivity contribution is -0.116. The minimum Gasteiger partial charge on any atom is -0.490 e. The number of nitrogens with zero attached hydrogens (tertiary/aromatic N) is 1. The number of hydrogen-bond donors (Lipinski definition) is 2. The second-order valence-corrected chi connectivity index (χ2v) is 10.0. The van der Waals surface area contributed by atoms with Gasteiger partial charge in [0.1, 0.15) is 5.75 Å². The highest BCUT2D eigenvalue weighted by Crippen LogP contribution is 2.46. The van der Waals surface area contributed by atoms with Gasteiger partial charge in [-0.1, -0.05) is 49.4 Å². The summed E-state index contributed by atoms with van der Waals surface area (Å²) < 4.78 is 6.31. The molecule has 0 bridgehead atoms. The average molecular weight is 482 g/mol. The van der Waals surface area contributed by atoms with Crippen LogP contribution >= 0.6 is 0 Å². The minimum atomic E-state index is -0.291. The first-order chi connectivity index (χ1) is 17.4. The maximum absolute atomic E-state index is 13.9. The van der Waals surface area contributed by atoms with Crippen LogP contribution < -0.4 is 20.3 Å². The van der Waals surface area contributed by atoms with Crippen LogP contribution in [0, 0.1) is 0 Å². The number of anilines is 3. The Morgan fingerprint density at radius 2 is 1.64 bits per heavy atom. The summed E-state index contributed by atoms with van der Waals surface area (Å²) >= 11 is 0.